The number of nitrogens with two attached hydrogens (primary N) is 2. The topological polar surface area (TPSA) is 93.8 Å². The van der Waals surface area contributed by atoms with Crippen LogP contribution in [0.25, 0.3) is 0 Å². The smallest absolute Gasteiger partial charge is 0.261 e. The Morgan fingerprint density at radius 1 is 1.75 bits per heavy atom. The van der Waals surface area contributed by atoms with Crippen LogP contribution in [0.15, 0.2) is 9.98 Å². The number of amidine groups is 1. The lowest BCUT2D eigenvalue weighted by molar-refractivity contribution is -0.117. The Labute approximate surface area is 74.3 Å². The van der Waals surface area contributed by atoms with E-state index in [2.05, 4.69) is 9.98 Å². The summed E-state index contributed by atoms with van der Waals surface area (Å²) in [6.45, 7) is 1.92. The molecule has 0 saturated carbocycles. The molecule has 0 aliphatic carbocycles. The van der Waals surface area contributed by atoms with Gasteiger partial charge in [0.1, 0.15) is 0 Å². The Morgan fingerprint density at radius 2 is 2.42 bits per heavy atom. The van der Waals surface area contributed by atoms with Gasteiger partial charge in [0.25, 0.3) is 5.91 Å². The monoisotopic (exact) mass is 186 g/mol. The number of aliphatic imine (C=N–C) groups is 2. The SMILES string of the molecule is CCC1SC(N=C(N)N)=NC1=O. The molecule has 0 aromatic heterocycles. The molecule has 0 radical (unpaired) electrons. The molecule has 1 aliphatic rings. The van der Waals surface area contributed by atoms with Crippen LogP contribution in [0.5, 0.6) is 0 Å². The summed E-state index contributed by atoms with van der Waals surface area (Å²) in [5.41, 5.74) is 10.3. The van der Waals surface area contributed by atoms with Crippen LogP contribution >= 0.6 is 11.8 Å². The number of rotatable bonds is 1. The zero-order valence-corrected chi connectivity index (χ0v) is 7.47. The number of nitrogens with zero attached hydrogens (tertiary/aromatic N) is 2. The van der Waals surface area contributed by atoms with Gasteiger partial charge in [-0.05, 0) is 6.42 Å². The molecule has 1 rings (SSSR count). The molecule has 6 heteroatoms. The molecule has 1 unspecified atom stereocenters. The van der Waals surface area contributed by atoms with E-state index in [9.17, 15) is 4.79 Å². The summed E-state index contributed by atoms with van der Waals surface area (Å²) in [5, 5.41) is 0.259. The third-order valence-corrected chi connectivity index (χ3v) is 2.54. The van der Waals surface area contributed by atoms with Gasteiger partial charge < -0.3 is 11.5 Å². The molecule has 0 aromatic rings. The summed E-state index contributed by atoms with van der Waals surface area (Å²) < 4.78 is 0. The van der Waals surface area contributed by atoms with Crippen molar-refractivity contribution in [3.05, 3.63) is 0 Å². The largest absolute Gasteiger partial charge is 0.370 e. The third kappa shape index (κ3) is 1.97. The first kappa shape index (κ1) is 9.05. The average molecular weight is 186 g/mol. The first-order chi connectivity index (χ1) is 5.63. The zero-order chi connectivity index (χ0) is 9.14. The first-order valence-electron chi connectivity index (χ1n) is 3.52. The van der Waals surface area contributed by atoms with E-state index >= 15 is 0 Å². The van der Waals surface area contributed by atoms with Crippen molar-refractivity contribution < 1.29 is 4.79 Å². The number of hydrogen-bond donors (Lipinski definition) is 2. The Kier molecular flexibility index (Phi) is 2.69. The highest BCUT2D eigenvalue weighted by Gasteiger charge is 2.26. The van der Waals surface area contributed by atoms with Crippen molar-refractivity contribution in [1.29, 1.82) is 0 Å². The highest BCUT2D eigenvalue weighted by Crippen LogP contribution is 2.25. The second kappa shape index (κ2) is 3.57. The van der Waals surface area contributed by atoms with Crippen molar-refractivity contribution in [2.45, 2.75) is 18.6 Å². The van der Waals surface area contributed by atoms with Crippen molar-refractivity contribution >= 4 is 28.8 Å². The lowest BCUT2D eigenvalue weighted by Crippen LogP contribution is -2.23. The van der Waals surface area contributed by atoms with Gasteiger partial charge in [0.05, 0.1) is 5.25 Å². The summed E-state index contributed by atoms with van der Waals surface area (Å²) in [6, 6.07) is 0. The van der Waals surface area contributed by atoms with Crippen LogP contribution < -0.4 is 11.5 Å². The van der Waals surface area contributed by atoms with E-state index in [4.69, 9.17) is 11.5 Å². The number of carbonyl (C=O) groups excluding carboxylic acids is 1. The fourth-order valence-electron chi connectivity index (χ4n) is 0.790. The van der Waals surface area contributed by atoms with Crippen molar-refractivity contribution in [2.75, 3.05) is 0 Å². The molecular weight excluding hydrogens is 176 g/mol. The van der Waals surface area contributed by atoms with Crippen LogP contribution in [0.1, 0.15) is 13.3 Å². The average Bonchev–Trinajstić information content (AvgIpc) is 2.29. The lowest BCUT2D eigenvalue weighted by Gasteiger charge is -1.98. The van der Waals surface area contributed by atoms with Crippen molar-refractivity contribution in [2.24, 2.45) is 21.5 Å². The number of thioether (sulfide) groups is 1. The predicted octanol–water partition coefficient (Wildman–Crippen LogP) is -0.332. The van der Waals surface area contributed by atoms with Crippen LogP contribution in [-0.2, 0) is 4.79 Å². The van der Waals surface area contributed by atoms with E-state index in [1.807, 2.05) is 6.92 Å². The van der Waals surface area contributed by atoms with Gasteiger partial charge in [-0.2, -0.15) is 9.98 Å². The Balaban J connectivity index is 2.68. The normalized spacial score (nSPS) is 22.2. The van der Waals surface area contributed by atoms with Gasteiger partial charge in [0, 0.05) is 0 Å². The molecule has 0 fully saturated rings. The molecule has 66 valence electrons. The minimum atomic E-state index is -0.150. The molecule has 5 nitrogen and oxygen atoms in total. The van der Waals surface area contributed by atoms with E-state index in [0.29, 0.717) is 5.17 Å². The number of amides is 1. The quantitative estimate of drug-likeness (QED) is 0.433. The van der Waals surface area contributed by atoms with Gasteiger partial charge in [-0.15, -0.1) is 0 Å². The molecular formula is C6H10N4OS. The van der Waals surface area contributed by atoms with Crippen LogP contribution in [0.4, 0.5) is 0 Å². The van der Waals surface area contributed by atoms with Gasteiger partial charge in [-0.3, -0.25) is 4.79 Å². The second-order valence-electron chi connectivity index (χ2n) is 2.28. The van der Waals surface area contributed by atoms with E-state index in [1.165, 1.54) is 11.8 Å². The number of guanidine groups is 1. The maximum Gasteiger partial charge on any atom is 0.261 e. The Morgan fingerprint density at radius 3 is 2.83 bits per heavy atom. The highest BCUT2D eigenvalue weighted by molar-refractivity contribution is 8.15. The first-order valence-corrected chi connectivity index (χ1v) is 4.40. The number of carbonyl (C=O) groups is 1. The van der Waals surface area contributed by atoms with E-state index in [0.717, 1.165) is 6.42 Å². The maximum absolute atomic E-state index is 11.0. The molecule has 4 N–H and O–H groups in total. The molecule has 1 aliphatic heterocycles. The zero-order valence-electron chi connectivity index (χ0n) is 6.65. The van der Waals surface area contributed by atoms with Gasteiger partial charge in [-0.25, -0.2) is 0 Å². The highest BCUT2D eigenvalue weighted by atomic mass is 32.2. The van der Waals surface area contributed by atoms with Crippen LogP contribution in [0.2, 0.25) is 0 Å². The van der Waals surface area contributed by atoms with Crippen LogP contribution in [0, 0.1) is 0 Å². The van der Waals surface area contributed by atoms with Crippen molar-refractivity contribution in [1.82, 2.24) is 0 Å². The predicted molar refractivity (Wildman–Crippen MR) is 49.9 cm³/mol. The number of hydrogen-bond acceptors (Lipinski definition) is 3. The Bertz CT molecular complexity index is 256. The van der Waals surface area contributed by atoms with Crippen LogP contribution in [0.3, 0.4) is 0 Å². The van der Waals surface area contributed by atoms with E-state index in [-0.39, 0.29) is 17.1 Å². The summed E-state index contributed by atoms with van der Waals surface area (Å²) in [6.07, 6.45) is 0.747. The van der Waals surface area contributed by atoms with Gasteiger partial charge >= 0.3 is 0 Å². The second-order valence-corrected chi connectivity index (χ2v) is 3.45. The molecule has 0 bridgehead atoms. The standard InChI is InChI=1S/C6H10N4OS/c1-2-3-4(11)9-6(12-3)10-5(7)8/h3H,2H2,1H3,(H4,7,8,9,10,11). The minimum absolute atomic E-state index is 0.0641. The molecule has 12 heavy (non-hydrogen) atoms. The lowest BCUT2D eigenvalue weighted by atomic mass is 10.3. The molecule has 1 atom stereocenters. The fourth-order valence-corrected chi connectivity index (χ4v) is 1.67. The van der Waals surface area contributed by atoms with Gasteiger partial charge in [-0.1, -0.05) is 18.7 Å². The third-order valence-electron chi connectivity index (χ3n) is 1.32. The maximum atomic E-state index is 11.0. The summed E-state index contributed by atoms with van der Waals surface area (Å²) >= 11 is 1.30. The summed E-state index contributed by atoms with van der Waals surface area (Å²) in [7, 11) is 0. The molecule has 1 heterocycles. The van der Waals surface area contributed by atoms with Gasteiger partial charge in [0.2, 0.25) is 0 Å². The fraction of sp³-hybridized carbons (Fsp3) is 0.500. The van der Waals surface area contributed by atoms with Gasteiger partial charge in [0.15, 0.2) is 11.1 Å². The molecule has 1 amide bonds. The molecule has 0 spiro atoms. The summed E-state index contributed by atoms with van der Waals surface area (Å²) in [5.74, 6) is -0.215. The van der Waals surface area contributed by atoms with Crippen LogP contribution in [-0.4, -0.2) is 22.3 Å². The van der Waals surface area contributed by atoms with E-state index in [1.54, 1.807) is 0 Å². The molecule has 0 aromatic carbocycles. The van der Waals surface area contributed by atoms with Crippen molar-refractivity contribution in [3.8, 4) is 0 Å². The minimum Gasteiger partial charge on any atom is -0.370 e. The van der Waals surface area contributed by atoms with E-state index < -0.39 is 0 Å². The van der Waals surface area contributed by atoms with Crippen molar-refractivity contribution in [3.63, 3.8) is 0 Å². The molecule has 0 saturated heterocycles. The Hall–Kier alpha value is -1.04. The summed E-state index contributed by atoms with van der Waals surface area (Å²) in [4.78, 5) is 18.4.